The largest absolute Gasteiger partial charge is 0.497 e. The van der Waals surface area contributed by atoms with E-state index in [0.717, 1.165) is 11.1 Å². The Morgan fingerprint density at radius 3 is 2.11 bits per heavy atom. The monoisotopic (exact) mass is 520 g/mol. The molecule has 0 amide bonds. The van der Waals surface area contributed by atoms with Crippen LogP contribution < -0.4 is 0 Å². The van der Waals surface area contributed by atoms with Crippen LogP contribution in [0.1, 0.15) is 54.4 Å². The van der Waals surface area contributed by atoms with Gasteiger partial charge in [0, 0.05) is 41.4 Å². The molecule has 8 rings (SSSR count). The predicted molar refractivity (Wildman–Crippen MR) is 133 cm³/mol. The van der Waals surface area contributed by atoms with E-state index in [2.05, 4.69) is 0 Å². The molecule has 8 heteroatoms. The van der Waals surface area contributed by atoms with Gasteiger partial charge in [-0.05, 0) is 41.5 Å². The van der Waals surface area contributed by atoms with Gasteiger partial charge in [0.05, 0.1) is 23.9 Å². The summed E-state index contributed by atoms with van der Waals surface area (Å²) in [6, 6.07) is 0. The van der Waals surface area contributed by atoms with Crippen molar-refractivity contribution in [3.8, 4) is 0 Å². The van der Waals surface area contributed by atoms with Gasteiger partial charge in [0.1, 0.15) is 6.10 Å². The molecule has 0 unspecified atom stereocenters. The summed E-state index contributed by atoms with van der Waals surface area (Å²) in [6.45, 7) is 11.4. The van der Waals surface area contributed by atoms with Gasteiger partial charge in [0.2, 0.25) is 0 Å². The summed E-state index contributed by atoms with van der Waals surface area (Å²) in [5, 5.41) is 0. The lowest BCUT2D eigenvalue weighted by Gasteiger charge is -2.63. The Kier molecular flexibility index (Phi) is 4.67. The summed E-state index contributed by atoms with van der Waals surface area (Å²) in [5.41, 5.74) is -0.962. The van der Waals surface area contributed by atoms with Crippen LogP contribution >= 0.6 is 0 Å². The average molecular weight is 521 g/mol. The predicted octanol–water partition coefficient (Wildman–Crippen LogP) is 2.90. The quantitative estimate of drug-likeness (QED) is 0.411. The summed E-state index contributed by atoms with van der Waals surface area (Å²) in [4.78, 5) is 56.8. The number of ether oxygens (including phenoxy) is 4. The molecule has 10 atom stereocenters. The van der Waals surface area contributed by atoms with Gasteiger partial charge in [0.15, 0.2) is 46.5 Å². The number of ketones is 4. The minimum atomic E-state index is -1.37. The van der Waals surface area contributed by atoms with E-state index in [4.69, 9.17) is 18.9 Å². The molecule has 0 N–H and O–H groups in total. The number of allylic oxidation sites excluding steroid dienone is 2. The number of hydrogen-bond acceptors (Lipinski definition) is 8. The van der Waals surface area contributed by atoms with Gasteiger partial charge in [0.25, 0.3) is 0 Å². The van der Waals surface area contributed by atoms with Crippen molar-refractivity contribution in [2.75, 3.05) is 0 Å². The van der Waals surface area contributed by atoms with Crippen LogP contribution in [0.5, 0.6) is 0 Å². The van der Waals surface area contributed by atoms with Crippen molar-refractivity contribution in [3.63, 3.8) is 0 Å². The van der Waals surface area contributed by atoms with Crippen molar-refractivity contribution in [2.45, 2.75) is 96.1 Å². The Morgan fingerprint density at radius 2 is 1.45 bits per heavy atom. The second-order valence-electron chi connectivity index (χ2n) is 12.5. The van der Waals surface area contributed by atoms with Crippen molar-refractivity contribution in [1.82, 2.24) is 0 Å². The third kappa shape index (κ3) is 2.57. The molecule has 0 radical (unpaired) electrons. The molecule has 1 spiro atoms. The Balaban J connectivity index is 1.44. The molecule has 8 nitrogen and oxygen atoms in total. The number of Topliss-reactive ketones (excluding diaryl/α,β-unsaturated/α-hetero) is 4. The molecule has 5 heterocycles. The molecule has 4 fully saturated rings. The van der Waals surface area contributed by atoms with E-state index in [-0.39, 0.29) is 35.1 Å². The van der Waals surface area contributed by atoms with Crippen LogP contribution in [0.3, 0.4) is 0 Å². The second kappa shape index (κ2) is 7.29. The zero-order valence-corrected chi connectivity index (χ0v) is 22.5. The first-order chi connectivity index (χ1) is 17.9. The normalized spacial score (nSPS) is 47.1. The summed E-state index contributed by atoms with van der Waals surface area (Å²) in [6.07, 6.45) is 2.11. The number of carbonyl (C=O) groups excluding carboxylic acids is 4. The van der Waals surface area contributed by atoms with Crippen molar-refractivity contribution in [3.05, 3.63) is 46.3 Å². The summed E-state index contributed by atoms with van der Waals surface area (Å²) in [7, 11) is 0. The van der Waals surface area contributed by atoms with E-state index in [1.54, 1.807) is 0 Å². The lowest BCUT2D eigenvalue weighted by Crippen LogP contribution is -2.73. The Morgan fingerprint density at radius 1 is 0.842 bits per heavy atom. The van der Waals surface area contributed by atoms with E-state index in [0.29, 0.717) is 17.6 Å². The van der Waals surface area contributed by atoms with Crippen molar-refractivity contribution in [1.29, 1.82) is 0 Å². The third-order valence-electron chi connectivity index (χ3n) is 9.82. The molecular weight excluding hydrogens is 488 g/mol. The number of carbonyl (C=O) groups is 4. The van der Waals surface area contributed by atoms with Gasteiger partial charge in [-0.25, -0.2) is 0 Å². The standard InChI is InChI=1S/C30H32O8/c1-12(2)7-9-28-24(33)18-17(22(32)26(28)37-28)19-15(6)36-23(18)20-14(5)35-11-16-21(31)25-29(38-25,10-8-13(3)4)27(34)30(16,19)20/h7-8,11,14-15,19-20,23,25-26H,9-10H2,1-6H3/t14-,15+,19+,20+,23-,25-,26+,28-,29-,30-/m1/s1. The first kappa shape index (κ1) is 24.4. The SMILES string of the molecule is CC(C)=CC[C@@]12O[C@@H]1C(=O)C1=CO[C@H](C)[C@H]3[C@@H]4O[C@@H](C)[C@@H](C5=C4C(=O)[C@@]4(CC=C(C)C)O[C@H]4C5=O)[C@]13C2=O. The molecule has 3 aliphatic carbocycles. The Hall–Kier alpha value is -2.68. The van der Waals surface area contributed by atoms with Gasteiger partial charge >= 0.3 is 0 Å². The van der Waals surface area contributed by atoms with Crippen molar-refractivity contribution in [2.24, 2.45) is 17.3 Å². The highest BCUT2D eigenvalue weighted by atomic mass is 16.6. The van der Waals surface area contributed by atoms with Crippen molar-refractivity contribution >= 4 is 23.1 Å². The van der Waals surface area contributed by atoms with Gasteiger partial charge in [-0.15, -0.1) is 0 Å². The summed E-state index contributed by atoms with van der Waals surface area (Å²) < 4.78 is 24.2. The lowest BCUT2D eigenvalue weighted by molar-refractivity contribution is -0.205. The van der Waals surface area contributed by atoms with Gasteiger partial charge < -0.3 is 18.9 Å². The number of fused-ring (bicyclic) bond motifs is 3. The van der Waals surface area contributed by atoms with Crippen LogP contribution in [0.15, 0.2) is 46.3 Å². The highest BCUT2D eigenvalue weighted by Crippen LogP contribution is 2.70. The van der Waals surface area contributed by atoms with Crippen molar-refractivity contribution < 1.29 is 38.1 Å². The molecule has 0 aromatic carbocycles. The average Bonchev–Trinajstić information content (AvgIpc) is 3.77. The van der Waals surface area contributed by atoms with E-state index in [1.165, 1.54) is 6.26 Å². The minimum Gasteiger partial charge on any atom is -0.497 e. The zero-order valence-electron chi connectivity index (χ0n) is 22.5. The number of hydrogen-bond donors (Lipinski definition) is 0. The molecule has 1 saturated carbocycles. The number of epoxide rings is 2. The fourth-order valence-electron chi connectivity index (χ4n) is 8.07. The maximum Gasteiger partial charge on any atom is 0.197 e. The lowest BCUT2D eigenvalue weighted by atomic mass is 9.43. The van der Waals surface area contributed by atoms with E-state index >= 15 is 0 Å². The van der Waals surface area contributed by atoms with Gasteiger partial charge in [-0.2, -0.15) is 0 Å². The van der Waals surface area contributed by atoms with Gasteiger partial charge in [-0.1, -0.05) is 23.3 Å². The summed E-state index contributed by atoms with van der Waals surface area (Å²) >= 11 is 0. The maximum absolute atomic E-state index is 14.8. The number of rotatable bonds is 4. The zero-order chi connectivity index (χ0) is 27.1. The maximum atomic E-state index is 14.8. The Bertz CT molecular complexity index is 1370. The molecular formula is C30H32O8. The molecule has 8 aliphatic rings. The highest BCUT2D eigenvalue weighted by Gasteiger charge is 2.84. The molecule has 3 saturated heterocycles. The van der Waals surface area contributed by atoms with E-state index in [9.17, 15) is 19.2 Å². The molecule has 0 aromatic heterocycles. The topological polar surface area (TPSA) is 112 Å². The second-order valence-corrected chi connectivity index (χ2v) is 12.5. The van der Waals surface area contributed by atoms with Crippen LogP contribution in [0.4, 0.5) is 0 Å². The molecule has 38 heavy (non-hydrogen) atoms. The van der Waals surface area contributed by atoms with Crippen LogP contribution in [-0.4, -0.2) is 64.9 Å². The van der Waals surface area contributed by atoms with Crippen LogP contribution in [0.25, 0.3) is 0 Å². The molecule has 200 valence electrons. The fourth-order valence-corrected chi connectivity index (χ4v) is 8.07. The first-order valence-electron chi connectivity index (χ1n) is 13.5. The van der Waals surface area contributed by atoms with Crippen LogP contribution in [-0.2, 0) is 38.1 Å². The molecule has 2 bridgehead atoms. The fraction of sp³-hybridized carbons (Fsp3) is 0.600. The van der Waals surface area contributed by atoms with Crippen LogP contribution in [0, 0.1) is 17.3 Å². The third-order valence-corrected chi connectivity index (χ3v) is 9.82. The molecule has 5 aliphatic heterocycles. The van der Waals surface area contributed by atoms with E-state index < -0.39 is 59.0 Å². The summed E-state index contributed by atoms with van der Waals surface area (Å²) in [5.74, 6) is -2.45. The molecule has 0 aromatic rings. The smallest absolute Gasteiger partial charge is 0.197 e. The minimum absolute atomic E-state index is 0.200. The Labute approximate surface area is 221 Å². The van der Waals surface area contributed by atoms with Gasteiger partial charge in [-0.3, -0.25) is 19.2 Å². The highest BCUT2D eigenvalue weighted by molar-refractivity contribution is 6.25. The van der Waals surface area contributed by atoms with Crippen LogP contribution in [0.2, 0.25) is 0 Å². The first-order valence-corrected chi connectivity index (χ1v) is 13.5. The van der Waals surface area contributed by atoms with E-state index in [1.807, 2.05) is 53.7 Å².